The molecule has 160 valence electrons. The summed E-state index contributed by atoms with van der Waals surface area (Å²) in [5.41, 5.74) is 2.57. The Morgan fingerprint density at radius 2 is 1.69 bits per heavy atom. The van der Waals surface area contributed by atoms with Crippen LogP contribution in [-0.4, -0.2) is 30.6 Å². The highest BCUT2D eigenvalue weighted by Gasteiger charge is 2.17. The minimum atomic E-state index is -0.656. The maximum absolute atomic E-state index is 13.3. The number of methoxy groups -OCH3 is 1. The second-order valence-corrected chi connectivity index (χ2v) is 6.93. The van der Waals surface area contributed by atoms with Gasteiger partial charge < -0.3 is 14.8 Å². The number of halogens is 1. The molecule has 0 saturated carbocycles. The van der Waals surface area contributed by atoms with E-state index in [1.165, 1.54) is 12.1 Å². The molecule has 0 aliphatic heterocycles. The molecule has 0 unspecified atom stereocenters. The molecule has 1 aromatic heterocycles. The van der Waals surface area contributed by atoms with Gasteiger partial charge in [-0.1, -0.05) is 18.2 Å². The van der Waals surface area contributed by atoms with Crippen LogP contribution in [0.3, 0.4) is 0 Å². The highest BCUT2D eigenvalue weighted by atomic mass is 19.1. The molecule has 1 N–H and O–H groups in total. The van der Waals surface area contributed by atoms with Gasteiger partial charge in [0.15, 0.2) is 6.61 Å². The van der Waals surface area contributed by atoms with Crippen molar-refractivity contribution in [1.29, 1.82) is 0 Å². The first kappa shape index (κ1) is 21.0. The monoisotopic (exact) mass is 430 g/mol. The van der Waals surface area contributed by atoms with Crippen LogP contribution in [0.2, 0.25) is 0 Å². The van der Waals surface area contributed by atoms with Gasteiger partial charge in [-0.2, -0.15) is 0 Å². The van der Waals surface area contributed by atoms with E-state index in [0.717, 1.165) is 0 Å². The van der Waals surface area contributed by atoms with Gasteiger partial charge in [0, 0.05) is 16.6 Å². The third-order valence-electron chi connectivity index (χ3n) is 4.78. The van der Waals surface area contributed by atoms with E-state index in [4.69, 9.17) is 9.47 Å². The zero-order valence-electron chi connectivity index (χ0n) is 17.2. The number of aromatic nitrogens is 1. The van der Waals surface area contributed by atoms with E-state index in [-0.39, 0.29) is 11.4 Å². The summed E-state index contributed by atoms with van der Waals surface area (Å²) in [5.74, 6) is -0.828. The summed E-state index contributed by atoms with van der Waals surface area (Å²) in [7, 11) is 1.55. The molecule has 32 heavy (non-hydrogen) atoms. The molecule has 0 atom stereocenters. The van der Waals surface area contributed by atoms with Crippen molar-refractivity contribution in [2.45, 2.75) is 0 Å². The van der Waals surface area contributed by atoms with E-state index in [0.29, 0.717) is 33.6 Å². The van der Waals surface area contributed by atoms with E-state index < -0.39 is 18.5 Å². The number of amides is 1. The summed E-state index contributed by atoms with van der Waals surface area (Å²) >= 11 is 0. The van der Waals surface area contributed by atoms with Crippen molar-refractivity contribution in [1.82, 2.24) is 4.98 Å². The van der Waals surface area contributed by atoms with Crippen molar-refractivity contribution >= 4 is 28.5 Å². The Morgan fingerprint density at radius 3 is 2.41 bits per heavy atom. The van der Waals surface area contributed by atoms with Crippen molar-refractivity contribution in [3.63, 3.8) is 0 Å². The number of fused-ring (bicyclic) bond motifs is 1. The summed E-state index contributed by atoms with van der Waals surface area (Å²) < 4.78 is 23.6. The molecular weight excluding hydrogens is 411 g/mol. The van der Waals surface area contributed by atoms with Gasteiger partial charge in [-0.05, 0) is 60.7 Å². The Labute approximate surface area is 183 Å². The van der Waals surface area contributed by atoms with Crippen molar-refractivity contribution in [2.24, 2.45) is 0 Å². The zero-order valence-corrected chi connectivity index (χ0v) is 17.2. The fraction of sp³-hybridized carbons (Fsp3) is 0.0800. The molecule has 7 heteroatoms. The number of nitrogens with zero attached hydrogens (tertiary/aromatic N) is 1. The summed E-state index contributed by atoms with van der Waals surface area (Å²) in [5, 5.41) is 3.26. The maximum atomic E-state index is 13.3. The number of para-hydroxylation sites is 1. The number of rotatable bonds is 6. The Bertz CT molecular complexity index is 1270. The number of carbonyl (C=O) groups is 2. The third kappa shape index (κ3) is 4.73. The van der Waals surface area contributed by atoms with Crippen molar-refractivity contribution in [2.75, 3.05) is 19.0 Å². The summed E-state index contributed by atoms with van der Waals surface area (Å²) in [6.45, 7) is -0.451. The smallest absolute Gasteiger partial charge is 0.339 e. The number of carbonyl (C=O) groups excluding carboxylic acids is 2. The number of anilines is 1. The van der Waals surface area contributed by atoms with Gasteiger partial charge in [-0.3, -0.25) is 4.79 Å². The molecular formula is C25H19FN2O4. The quantitative estimate of drug-likeness (QED) is 0.443. The number of ether oxygens (including phenoxy) is 2. The minimum absolute atomic E-state index is 0.271. The van der Waals surface area contributed by atoms with Crippen LogP contribution >= 0.6 is 0 Å². The molecule has 0 aliphatic rings. The first-order chi connectivity index (χ1) is 15.5. The fourth-order valence-electron chi connectivity index (χ4n) is 3.19. The van der Waals surface area contributed by atoms with E-state index in [1.807, 2.05) is 0 Å². The SMILES string of the molecule is COc1ccc(NC(=O)COC(=O)c2cc(-c3ccc(F)cc3)nc3ccccc23)cc1. The van der Waals surface area contributed by atoms with Gasteiger partial charge in [0.1, 0.15) is 11.6 Å². The van der Waals surface area contributed by atoms with E-state index in [9.17, 15) is 14.0 Å². The van der Waals surface area contributed by atoms with Crippen LogP contribution in [-0.2, 0) is 9.53 Å². The van der Waals surface area contributed by atoms with Gasteiger partial charge in [0.2, 0.25) is 0 Å². The summed E-state index contributed by atoms with van der Waals surface area (Å²) in [4.78, 5) is 29.6. The standard InChI is InChI=1S/C25H19FN2O4/c1-31-19-12-10-18(11-13-19)27-24(29)15-32-25(30)21-14-23(16-6-8-17(26)9-7-16)28-22-5-3-2-4-20(21)22/h2-14H,15H2,1H3,(H,27,29). The molecule has 1 amide bonds. The lowest BCUT2D eigenvalue weighted by Crippen LogP contribution is -2.21. The zero-order chi connectivity index (χ0) is 22.5. The Hall–Kier alpha value is -4.26. The van der Waals surface area contributed by atoms with Crippen molar-refractivity contribution < 1.29 is 23.5 Å². The predicted molar refractivity (Wildman–Crippen MR) is 119 cm³/mol. The molecule has 4 aromatic rings. The van der Waals surface area contributed by atoms with Crippen LogP contribution in [0.15, 0.2) is 78.9 Å². The third-order valence-corrected chi connectivity index (χ3v) is 4.78. The van der Waals surface area contributed by atoms with Crippen LogP contribution < -0.4 is 10.1 Å². The van der Waals surface area contributed by atoms with Crippen LogP contribution in [0.5, 0.6) is 5.75 Å². The molecule has 0 spiro atoms. The molecule has 3 aromatic carbocycles. The average Bonchev–Trinajstić information content (AvgIpc) is 2.83. The number of hydrogen-bond donors (Lipinski definition) is 1. The number of hydrogen-bond acceptors (Lipinski definition) is 5. The van der Waals surface area contributed by atoms with Gasteiger partial charge in [-0.15, -0.1) is 0 Å². The van der Waals surface area contributed by atoms with Crippen molar-refractivity contribution in [3.8, 4) is 17.0 Å². The van der Waals surface area contributed by atoms with E-state index in [2.05, 4.69) is 10.3 Å². The van der Waals surface area contributed by atoms with Gasteiger partial charge in [-0.25, -0.2) is 14.2 Å². The number of esters is 1. The lowest BCUT2D eigenvalue weighted by molar-refractivity contribution is -0.119. The largest absolute Gasteiger partial charge is 0.497 e. The number of benzene rings is 3. The topological polar surface area (TPSA) is 77.5 Å². The van der Waals surface area contributed by atoms with Gasteiger partial charge in [0.05, 0.1) is 23.9 Å². The second kappa shape index (κ2) is 9.26. The van der Waals surface area contributed by atoms with Crippen LogP contribution in [0.1, 0.15) is 10.4 Å². The number of nitrogens with one attached hydrogen (secondary N) is 1. The van der Waals surface area contributed by atoms with Crippen LogP contribution in [0, 0.1) is 5.82 Å². The Balaban J connectivity index is 1.53. The van der Waals surface area contributed by atoms with Crippen LogP contribution in [0.25, 0.3) is 22.2 Å². The highest BCUT2D eigenvalue weighted by molar-refractivity contribution is 6.05. The second-order valence-electron chi connectivity index (χ2n) is 6.93. The summed E-state index contributed by atoms with van der Waals surface area (Å²) in [6, 6.07) is 21.3. The molecule has 0 radical (unpaired) electrons. The molecule has 0 saturated heterocycles. The van der Waals surface area contributed by atoms with Crippen LogP contribution in [0.4, 0.5) is 10.1 Å². The molecule has 6 nitrogen and oxygen atoms in total. The van der Waals surface area contributed by atoms with E-state index >= 15 is 0 Å². The van der Waals surface area contributed by atoms with Gasteiger partial charge in [0.25, 0.3) is 5.91 Å². The fourth-order valence-corrected chi connectivity index (χ4v) is 3.19. The molecule has 0 bridgehead atoms. The average molecular weight is 430 g/mol. The predicted octanol–water partition coefficient (Wildman–Crippen LogP) is 4.85. The maximum Gasteiger partial charge on any atom is 0.339 e. The lowest BCUT2D eigenvalue weighted by atomic mass is 10.0. The first-order valence-corrected chi connectivity index (χ1v) is 9.80. The Morgan fingerprint density at radius 1 is 0.969 bits per heavy atom. The first-order valence-electron chi connectivity index (χ1n) is 9.80. The minimum Gasteiger partial charge on any atom is -0.497 e. The molecule has 4 rings (SSSR count). The lowest BCUT2D eigenvalue weighted by Gasteiger charge is -2.11. The highest BCUT2D eigenvalue weighted by Crippen LogP contribution is 2.25. The van der Waals surface area contributed by atoms with E-state index in [1.54, 1.807) is 73.8 Å². The normalized spacial score (nSPS) is 10.6. The molecule has 1 heterocycles. The van der Waals surface area contributed by atoms with Gasteiger partial charge >= 0.3 is 5.97 Å². The summed E-state index contributed by atoms with van der Waals surface area (Å²) in [6.07, 6.45) is 0. The number of pyridine rings is 1. The van der Waals surface area contributed by atoms with Crippen molar-refractivity contribution in [3.05, 3.63) is 90.2 Å². The molecule has 0 aliphatic carbocycles. The molecule has 0 fully saturated rings. The Kier molecular flexibility index (Phi) is 6.07.